The number of fused-ring (bicyclic) bond motifs is 1. The molecule has 5 rings (SSSR count). The molecule has 0 amide bonds. The molecule has 138 valence electrons. The van der Waals surface area contributed by atoms with Crippen LogP contribution in [-0.4, -0.2) is 34.9 Å². The van der Waals surface area contributed by atoms with Crippen LogP contribution in [0.5, 0.6) is 0 Å². The summed E-state index contributed by atoms with van der Waals surface area (Å²) < 4.78 is 1.94. The first-order valence-electron chi connectivity index (χ1n) is 9.12. The summed E-state index contributed by atoms with van der Waals surface area (Å²) in [6.07, 6.45) is 7.63. The van der Waals surface area contributed by atoms with Crippen LogP contribution >= 0.6 is 0 Å². The van der Waals surface area contributed by atoms with Gasteiger partial charge in [0.05, 0.1) is 30.3 Å². The fourth-order valence-electron chi connectivity index (χ4n) is 3.52. The van der Waals surface area contributed by atoms with Gasteiger partial charge in [0, 0.05) is 34.8 Å². The molecule has 0 fully saturated rings. The molecule has 2 N–H and O–H groups in total. The highest BCUT2D eigenvalue weighted by Gasteiger charge is 2.15. The van der Waals surface area contributed by atoms with Gasteiger partial charge in [0.1, 0.15) is 5.52 Å². The van der Waals surface area contributed by atoms with Crippen molar-refractivity contribution in [2.45, 2.75) is 20.4 Å². The van der Waals surface area contributed by atoms with Crippen molar-refractivity contribution in [2.75, 3.05) is 0 Å². The SMILES string of the molecule is Cc1n[nH]c(C)c1-c1cnc2[nH]cc(-c3cnn(Cc4ccccc4)c3)c2n1. The molecule has 4 aromatic heterocycles. The molecular weight excluding hydrogens is 350 g/mol. The van der Waals surface area contributed by atoms with E-state index in [1.54, 1.807) is 6.20 Å². The number of hydrogen-bond donors (Lipinski definition) is 2. The van der Waals surface area contributed by atoms with Crippen molar-refractivity contribution in [1.82, 2.24) is 34.9 Å². The molecule has 0 aliphatic rings. The second-order valence-corrected chi connectivity index (χ2v) is 6.88. The summed E-state index contributed by atoms with van der Waals surface area (Å²) in [7, 11) is 0. The molecule has 4 heterocycles. The monoisotopic (exact) mass is 369 g/mol. The minimum absolute atomic E-state index is 0.730. The molecule has 0 atom stereocenters. The normalized spacial score (nSPS) is 11.4. The van der Waals surface area contributed by atoms with E-state index in [-0.39, 0.29) is 0 Å². The van der Waals surface area contributed by atoms with Gasteiger partial charge in [-0.25, -0.2) is 9.97 Å². The Balaban J connectivity index is 1.54. The van der Waals surface area contributed by atoms with Gasteiger partial charge in [0.25, 0.3) is 0 Å². The lowest BCUT2D eigenvalue weighted by molar-refractivity contribution is 0.687. The van der Waals surface area contributed by atoms with E-state index in [0.717, 1.165) is 51.5 Å². The smallest absolute Gasteiger partial charge is 0.156 e. The first-order valence-corrected chi connectivity index (χ1v) is 9.12. The van der Waals surface area contributed by atoms with Gasteiger partial charge in [0.15, 0.2) is 5.65 Å². The van der Waals surface area contributed by atoms with Crippen LogP contribution in [0.4, 0.5) is 0 Å². The van der Waals surface area contributed by atoms with Crippen molar-refractivity contribution in [1.29, 1.82) is 0 Å². The maximum absolute atomic E-state index is 4.88. The summed E-state index contributed by atoms with van der Waals surface area (Å²) >= 11 is 0. The lowest BCUT2D eigenvalue weighted by atomic mass is 10.1. The predicted molar refractivity (Wildman–Crippen MR) is 108 cm³/mol. The number of aromatic amines is 2. The molecule has 0 radical (unpaired) electrons. The van der Waals surface area contributed by atoms with Gasteiger partial charge in [-0.15, -0.1) is 0 Å². The van der Waals surface area contributed by atoms with Gasteiger partial charge in [-0.2, -0.15) is 10.2 Å². The predicted octanol–water partition coefficient (Wildman–Crippen LogP) is 3.88. The highest BCUT2D eigenvalue weighted by atomic mass is 15.3. The van der Waals surface area contributed by atoms with E-state index < -0.39 is 0 Å². The van der Waals surface area contributed by atoms with Crippen molar-refractivity contribution in [2.24, 2.45) is 0 Å². The van der Waals surface area contributed by atoms with Crippen molar-refractivity contribution in [3.8, 4) is 22.4 Å². The molecule has 0 aliphatic carbocycles. The second kappa shape index (κ2) is 6.45. The van der Waals surface area contributed by atoms with Crippen LogP contribution in [0.15, 0.2) is 55.1 Å². The molecule has 0 spiro atoms. The Labute approximate surface area is 161 Å². The molecule has 0 saturated heterocycles. The second-order valence-electron chi connectivity index (χ2n) is 6.88. The van der Waals surface area contributed by atoms with Crippen LogP contribution in [0.2, 0.25) is 0 Å². The highest BCUT2D eigenvalue weighted by molar-refractivity contribution is 5.91. The molecular formula is C21H19N7. The Hall–Kier alpha value is -3.74. The van der Waals surface area contributed by atoms with E-state index in [2.05, 4.69) is 37.4 Å². The van der Waals surface area contributed by atoms with E-state index in [4.69, 9.17) is 4.98 Å². The van der Waals surface area contributed by atoms with Crippen molar-refractivity contribution >= 4 is 11.2 Å². The van der Waals surface area contributed by atoms with Crippen molar-refractivity contribution < 1.29 is 0 Å². The van der Waals surface area contributed by atoms with Crippen LogP contribution in [0.3, 0.4) is 0 Å². The molecule has 0 unspecified atom stereocenters. The number of aromatic nitrogens is 7. The van der Waals surface area contributed by atoms with Crippen LogP contribution in [0, 0.1) is 13.8 Å². The largest absolute Gasteiger partial charge is 0.344 e. The zero-order chi connectivity index (χ0) is 19.1. The topological polar surface area (TPSA) is 88.1 Å². The third-order valence-corrected chi connectivity index (χ3v) is 4.90. The Bertz CT molecular complexity index is 1240. The van der Waals surface area contributed by atoms with Gasteiger partial charge in [-0.3, -0.25) is 9.78 Å². The zero-order valence-electron chi connectivity index (χ0n) is 15.6. The lowest BCUT2D eigenvalue weighted by Gasteiger charge is -2.02. The third kappa shape index (κ3) is 2.77. The molecule has 28 heavy (non-hydrogen) atoms. The Kier molecular flexibility index (Phi) is 3.79. The summed E-state index contributed by atoms with van der Waals surface area (Å²) in [6, 6.07) is 10.3. The number of H-pyrrole nitrogens is 2. The molecule has 7 nitrogen and oxygen atoms in total. The molecule has 5 aromatic rings. The van der Waals surface area contributed by atoms with E-state index in [9.17, 15) is 0 Å². The fraction of sp³-hybridized carbons (Fsp3) is 0.143. The summed E-state index contributed by atoms with van der Waals surface area (Å²) in [5, 5.41) is 11.8. The van der Waals surface area contributed by atoms with Gasteiger partial charge < -0.3 is 4.98 Å². The summed E-state index contributed by atoms with van der Waals surface area (Å²) in [5.41, 5.74) is 8.51. The number of hydrogen-bond acceptors (Lipinski definition) is 4. The highest BCUT2D eigenvalue weighted by Crippen LogP contribution is 2.29. The molecule has 1 aromatic carbocycles. The zero-order valence-corrected chi connectivity index (χ0v) is 15.6. The van der Waals surface area contributed by atoms with E-state index in [0.29, 0.717) is 0 Å². The van der Waals surface area contributed by atoms with Gasteiger partial charge >= 0.3 is 0 Å². The number of nitrogens with zero attached hydrogens (tertiary/aromatic N) is 5. The van der Waals surface area contributed by atoms with Crippen LogP contribution < -0.4 is 0 Å². The van der Waals surface area contributed by atoms with Crippen LogP contribution in [-0.2, 0) is 6.54 Å². The Morgan fingerprint density at radius 3 is 2.71 bits per heavy atom. The summed E-state index contributed by atoms with van der Waals surface area (Å²) in [4.78, 5) is 12.6. The van der Waals surface area contributed by atoms with Crippen LogP contribution in [0.1, 0.15) is 17.0 Å². The van der Waals surface area contributed by atoms with Gasteiger partial charge in [0.2, 0.25) is 0 Å². The average molecular weight is 369 g/mol. The maximum Gasteiger partial charge on any atom is 0.156 e. The van der Waals surface area contributed by atoms with Gasteiger partial charge in [-0.05, 0) is 19.4 Å². The number of aryl methyl sites for hydroxylation is 2. The van der Waals surface area contributed by atoms with Crippen molar-refractivity contribution in [3.05, 3.63) is 72.1 Å². The number of benzene rings is 1. The molecule has 0 bridgehead atoms. The summed E-state index contributed by atoms with van der Waals surface area (Å²) in [6.45, 7) is 4.69. The molecule has 0 saturated carbocycles. The van der Waals surface area contributed by atoms with Crippen molar-refractivity contribution in [3.63, 3.8) is 0 Å². The Morgan fingerprint density at radius 2 is 1.93 bits per heavy atom. The average Bonchev–Trinajstić information content (AvgIpc) is 3.41. The third-order valence-electron chi connectivity index (χ3n) is 4.90. The van der Waals surface area contributed by atoms with E-state index in [1.807, 2.05) is 55.3 Å². The minimum atomic E-state index is 0.730. The maximum atomic E-state index is 4.88. The van der Waals surface area contributed by atoms with Gasteiger partial charge in [-0.1, -0.05) is 30.3 Å². The fourth-order valence-corrected chi connectivity index (χ4v) is 3.52. The lowest BCUT2D eigenvalue weighted by Crippen LogP contribution is -1.99. The standard InChI is InChI=1S/C21H19N7/c1-13-19(14(2)27-26-13)18-10-23-21-20(25-18)17(9-22-21)16-8-24-28(12-16)11-15-6-4-3-5-7-15/h3-10,12H,11H2,1-2H3,(H,22,23)(H,26,27). The quantitative estimate of drug-likeness (QED) is 0.503. The Morgan fingerprint density at radius 1 is 1.07 bits per heavy atom. The minimum Gasteiger partial charge on any atom is -0.344 e. The number of rotatable bonds is 4. The van der Waals surface area contributed by atoms with E-state index in [1.165, 1.54) is 5.56 Å². The first-order chi connectivity index (χ1) is 13.7. The summed E-state index contributed by atoms with van der Waals surface area (Å²) in [5.74, 6) is 0. The molecule has 0 aliphatic heterocycles. The molecule has 7 heteroatoms. The first kappa shape index (κ1) is 16.4. The van der Waals surface area contributed by atoms with E-state index >= 15 is 0 Å². The van der Waals surface area contributed by atoms with Crippen LogP contribution in [0.25, 0.3) is 33.5 Å². The number of nitrogens with one attached hydrogen (secondary N) is 2.